The van der Waals surface area contributed by atoms with E-state index in [-0.39, 0.29) is 5.97 Å². The molecule has 0 unspecified atom stereocenters. The minimum atomic E-state index is -0.741. The number of esters is 1. The van der Waals surface area contributed by atoms with E-state index in [0.717, 1.165) is 25.7 Å². The van der Waals surface area contributed by atoms with E-state index in [1.807, 2.05) is 0 Å². The number of methoxy groups -OCH3 is 1. The third-order valence-corrected chi connectivity index (χ3v) is 3.25. The lowest BCUT2D eigenvalue weighted by molar-refractivity contribution is -0.151. The average Bonchev–Trinajstić information content (AvgIpc) is 2.38. The largest absolute Gasteiger partial charge is 0.464 e. The molecule has 1 aliphatic carbocycles. The van der Waals surface area contributed by atoms with Gasteiger partial charge in [0.2, 0.25) is 0 Å². The van der Waals surface area contributed by atoms with Crippen LogP contribution in [0.25, 0.3) is 0 Å². The van der Waals surface area contributed by atoms with Crippen LogP contribution in [0, 0.1) is 0 Å². The molecule has 0 radical (unpaired) electrons. The second-order valence-corrected chi connectivity index (χ2v) is 4.81. The normalized spacial score (nSPS) is 18.6. The van der Waals surface area contributed by atoms with Gasteiger partial charge in [-0.3, -0.25) is 4.79 Å². The van der Waals surface area contributed by atoms with Gasteiger partial charge < -0.3 is 19.9 Å². The first-order valence-electron chi connectivity index (χ1n) is 6.72. The maximum absolute atomic E-state index is 11.8. The molecular formula is C13H25NO4. The Morgan fingerprint density at radius 1 is 1.11 bits per heavy atom. The van der Waals surface area contributed by atoms with Crippen LogP contribution in [-0.4, -0.2) is 45.0 Å². The average molecular weight is 259 g/mol. The van der Waals surface area contributed by atoms with Crippen LogP contribution in [0.4, 0.5) is 0 Å². The molecule has 0 aromatic rings. The standard InChI is InChI=1S/C13H25NO4/c1-16-10-11-17-8-5-9-18-12(15)13(14)6-3-2-4-7-13/h2-11,14H2,1H3. The zero-order valence-electron chi connectivity index (χ0n) is 11.3. The highest BCUT2D eigenvalue weighted by molar-refractivity contribution is 5.80. The number of carbonyl (C=O) groups excluding carboxylic acids is 1. The number of nitrogens with two attached hydrogens (primary N) is 1. The summed E-state index contributed by atoms with van der Waals surface area (Å²) < 4.78 is 15.3. The van der Waals surface area contributed by atoms with Crippen LogP contribution < -0.4 is 5.73 Å². The van der Waals surface area contributed by atoms with E-state index >= 15 is 0 Å². The van der Waals surface area contributed by atoms with E-state index in [2.05, 4.69) is 0 Å². The van der Waals surface area contributed by atoms with Crippen molar-refractivity contribution in [2.24, 2.45) is 5.73 Å². The molecule has 0 aromatic carbocycles. The van der Waals surface area contributed by atoms with Gasteiger partial charge in [0, 0.05) is 20.1 Å². The number of hydrogen-bond acceptors (Lipinski definition) is 5. The predicted octanol–water partition coefficient (Wildman–Crippen LogP) is 1.24. The molecule has 1 saturated carbocycles. The molecule has 1 rings (SSSR count). The van der Waals surface area contributed by atoms with Crippen LogP contribution in [0.5, 0.6) is 0 Å². The highest BCUT2D eigenvalue weighted by Gasteiger charge is 2.36. The SMILES string of the molecule is COCCOCCCOC(=O)C1(N)CCCCC1. The smallest absolute Gasteiger partial charge is 0.326 e. The summed E-state index contributed by atoms with van der Waals surface area (Å²) in [5.41, 5.74) is 5.32. The fourth-order valence-electron chi connectivity index (χ4n) is 2.10. The quantitative estimate of drug-likeness (QED) is 0.524. The van der Waals surface area contributed by atoms with Gasteiger partial charge >= 0.3 is 5.97 Å². The van der Waals surface area contributed by atoms with Crippen LogP contribution in [0.1, 0.15) is 38.5 Å². The Kier molecular flexibility index (Phi) is 7.23. The Morgan fingerprint density at radius 2 is 1.83 bits per heavy atom. The number of carbonyl (C=O) groups is 1. The van der Waals surface area contributed by atoms with Crippen LogP contribution in [0.3, 0.4) is 0 Å². The molecular weight excluding hydrogens is 234 g/mol. The summed E-state index contributed by atoms with van der Waals surface area (Å²) in [4.78, 5) is 11.8. The molecule has 0 aliphatic heterocycles. The third kappa shape index (κ3) is 5.33. The molecule has 1 aliphatic rings. The minimum Gasteiger partial charge on any atom is -0.464 e. The zero-order chi connectivity index (χ0) is 13.3. The highest BCUT2D eigenvalue weighted by atomic mass is 16.5. The van der Waals surface area contributed by atoms with Gasteiger partial charge in [-0.2, -0.15) is 0 Å². The van der Waals surface area contributed by atoms with Gasteiger partial charge in [0.1, 0.15) is 5.54 Å². The van der Waals surface area contributed by atoms with Crippen molar-refractivity contribution in [1.82, 2.24) is 0 Å². The van der Waals surface area contributed by atoms with Crippen molar-refractivity contribution in [3.05, 3.63) is 0 Å². The van der Waals surface area contributed by atoms with Crippen LogP contribution in [-0.2, 0) is 19.0 Å². The molecule has 0 amide bonds. The second-order valence-electron chi connectivity index (χ2n) is 4.81. The Bertz CT molecular complexity index is 239. The predicted molar refractivity (Wildman–Crippen MR) is 68.3 cm³/mol. The molecule has 18 heavy (non-hydrogen) atoms. The molecule has 1 fully saturated rings. The minimum absolute atomic E-state index is 0.251. The summed E-state index contributed by atoms with van der Waals surface area (Å²) in [5.74, 6) is -0.251. The summed E-state index contributed by atoms with van der Waals surface area (Å²) in [6.07, 6.45) is 5.40. The van der Waals surface area contributed by atoms with Crippen molar-refractivity contribution in [3.8, 4) is 0 Å². The van der Waals surface area contributed by atoms with Gasteiger partial charge in [0.15, 0.2) is 0 Å². The molecule has 5 nitrogen and oxygen atoms in total. The topological polar surface area (TPSA) is 70.8 Å². The first-order chi connectivity index (χ1) is 8.69. The Morgan fingerprint density at radius 3 is 2.50 bits per heavy atom. The number of rotatable bonds is 8. The monoisotopic (exact) mass is 259 g/mol. The molecule has 0 atom stereocenters. The van der Waals surface area contributed by atoms with Crippen molar-refractivity contribution in [2.45, 2.75) is 44.1 Å². The fraction of sp³-hybridized carbons (Fsp3) is 0.923. The number of ether oxygens (including phenoxy) is 3. The van der Waals surface area contributed by atoms with E-state index in [1.54, 1.807) is 7.11 Å². The first-order valence-corrected chi connectivity index (χ1v) is 6.72. The molecule has 5 heteroatoms. The first kappa shape index (κ1) is 15.4. The molecule has 0 heterocycles. The van der Waals surface area contributed by atoms with Gasteiger partial charge in [-0.25, -0.2) is 0 Å². The lowest BCUT2D eigenvalue weighted by atomic mass is 9.83. The Hall–Kier alpha value is -0.650. The van der Waals surface area contributed by atoms with Crippen LogP contribution in [0.2, 0.25) is 0 Å². The highest BCUT2D eigenvalue weighted by Crippen LogP contribution is 2.26. The van der Waals surface area contributed by atoms with Gasteiger partial charge in [-0.15, -0.1) is 0 Å². The van der Waals surface area contributed by atoms with Crippen molar-refractivity contribution in [2.75, 3.05) is 33.5 Å². The Labute approximate surface area is 109 Å². The summed E-state index contributed by atoms with van der Waals surface area (Å²) >= 11 is 0. The summed E-state index contributed by atoms with van der Waals surface area (Å²) in [6, 6.07) is 0. The van der Waals surface area contributed by atoms with Crippen LogP contribution >= 0.6 is 0 Å². The van der Waals surface area contributed by atoms with E-state index < -0.39 is 5.54 Å². The van der Waals surface area contributed by atoms with Crippen LogP contribution in [0.15, 0.2) is 0 Å². The molecule has 106 valence electrons. The molecule has 2 N–H and O–H groups in total. The molecule has 0 bridgehead atoms. The van der Waals surface area contributed by atoms with Crippen molar-refractivity contribution in [3.63, 3.8) is 0 Å². The van der Waals surface area contributed by atoms with E-state index in [9.17, 15) is 4.79 Å². The summed E-state index contributed by atoms with van der Waals surface area (Å²) in [6.45, 7) is 2.12. The van der Waals surface area contributed by atoms with Gasteiger partial charge in [-0.1, -0.05) is 19.3 Å². The van der Waals surface area contributed by atoms with E-state index in [1.165, 1.54) is 6.42 Å². The second kappa shape index (κ2) is 8.45. The van der Waals surface area contributed by atoms with Gasteiger partial charge in [0.25, 0.3) is 0 Å². The van der Waals surface area contributed by atoms with Crippen molar-refractivity contribution in [1.29, 1.82) is 0 Å². The van der Waals surface area contributed by atoms with E-state index in [0.29, 0.717) is 32.8 Å². The fourth-order valence-corrected chi connectivity index (χ4v) is 2.10. The van der Waals surface area contributed by atoms with Gasteiger partial charge in [-0.05, 0) is 12.8 Å². The number of hydrogen-bond donors (Lipinski definition) is 1. The lowest BCUT2D eigenvalue weighted by Crippen LogP contribution is -2.50. The zero-order valence-corrected chi connectivity index (χ0v) is 11.3. The summed E-state index contributed by atoms with van der Waals surface area (Å²) in [7, 11) is 1.63. The van der Waals surface area contributed by atoms with Crippen molar-refractivity contribution < 1.29 is 19.0 Å². The van der Waals surface area contributed by atoms with Gasteiger partial charge in [0.05, 0.1) is 19.8 Å². The Balaban J connectivity index is 2.05. The van der Waals surface area contributed by atoms with E-state index in [4.69, 9.17) is 19.9 Å². The maximum Gasteiger partial charge on any atom is 0.326 e. The maximum atomic E-state index is 11.8. The molecule has 0 aromatic heterocycles. The summed E-state index contributed by atoms with van der Waals surface area (Å²) in [5, 5.41) is 0. The third-order valence-electron chi connectivity index (χ3n) is 3.25. The molecule has 0 saturated heterocycles. The lowest BCUT2D eigenvalue weighted by Gasteiger charge is -2.30. The van der Waals surface area contributed by atoms with Crippen molar-refractivity contribution >= 4 is 5.97 Å². The molecule has 0 spiro atoms.